The third-order valence-corrected chi connectivity index (χ3v) is 9.19. The summed E-state index contributed by atoms with van der Waals surface area (Å²) >= 11 is 0. The predicted molar refractivity (Wildman–Crippen MR) is 176 cm³/mol. The van der Waals surface area contributed by atoms with Crippen LogP contribution in [-0.2, 0) is 5.41 Å². The van der Waals surface area contributed by atoms with E-state index in [1.165, 1.54) is 94.7 Å². The molecule has 0 spiro atoms. The van der Waals surface area contributed by atoms with Crippen molar-refractivity contribution in [3.63, 3.8) is 0 Å². The number of nitrogens with zero attached hydrogens (tertiary/aromatic N) is 1. The fourth-order valence-electron chi connectivity index (χ4n) is 7.02. The number of anilines is 3. The minimum atomic E-state index is 0.0803. The van der Waals surface area contributed by atoms with E-state index < -0.39 is 0 Å². The molecule has 0 saturated heterocycles. The molecule has 0 radical (unpaired) electrons. The van der Waals surface area contributed by atoms with Crippen molar-refractivity contribution in [3.8, 4) is 0 Å². The number of rotatable bonds is 5. The molecule has 0 bridgehead atoms. The number of fused-ring (bicyclic) bond motifs is 2. The van der Waals surface area contributed by atoms with Gasteiger partial charge < -0.3 is 4.90 Å². The first-order valence-electron chi connectivity index (χ1n) is 15.2. The van der Waals surface area contributed by atoms with Crippen molar-refractivity contribution >= 4 is 38.6 Å². The van der Waals surface area contributed by atoms with Gasteiger partial charge in [0.25, 0.3) is 0 Å². The Morgan fingerprint density at radius 3 is 1.37 bits per heavy atom. The maximum Gasteiger partial charge on any atom is 0.0468 e. The van der Waals surface area contributed by atoms with Crippen LogP contribution < -0.4 is 4.90 Å². The zero-order chi connectivity index (χ0) is 27.5. The molecule has 1 nitrogen and oxygen atoms in total. The highest BCUT2D eigenvalue weighted by atomic mass is 15.1. The van der Waals surface area contributed by atoms with E-state index in [1.807, 2.05) is 0 Å². The van der Waals surface area contributed by atoms with E-state index in [2.05, 4.69) is 144 Å². The van der Waals surface area contributed by atoms with E-state index in [0.717, 1.165) is 0 Å². The highest BCUT2D eigenvalue weighted by Crippen LogP contribution is 2.45. The molecule has 0 aromatic heterocycles. The van der Waals surface area contributed by atoms with Gasteiger partial charge in [-0.05, 0) is 81.9 Å². The van der Waals surface area contributed by atoms with Gasteiger partial charge in [0.05, 0.1) is 0 Å². The number of hydrogen-bond donors (Lipinski definition) is 0. The minimum absolute atomic E-state index is 0.0803. The zero-order valence-electron chi connectivity index (χ0n) is 23.7. The molecule has 1 aliphatic carbocycles. The highest BCUT2D eigenvalue weighted by Gasteiger charge is 2.34. The molecule has 1 fully saturated rings. The Morgan fingerprint density at radius 1 is 0.366 bits per heavy atom. The number of hydrogen-bond acceptors (Lipinski definition) is 1. The summed E-state index contributed by atoms with van der Waals surface area (Å²) in [4.78, 5) is 2.41. The second-order valence-electron chi connectivity index (χ2n) is 11.7. The van der Waals surface area contributed by atoms with Gasteiger partial charge in [-0.1, -0.05) is 135 Å². The third-order valence-electron chi connectivity index (χ3n) is 9.19. The molecule has 0 N–H and O–H groups in total. The zero-order valence-corrected chi connectivity index (χ0v) is 23.7. The van der Waals surface area contributed by atoms with E-state index >= 15 is 0 Å². The summed E-state index contributed by atoms with van der Waals surface area (Å²) < 4.78 is 0. The summed E-state index contributed by atoms with van der Waals surface area (Å²) in [5.41, 5.74) is 6.54. The SMILES string of the molecule is c1ccc(C2(c3ccc(N(c4ccc5ccccc5c4)c4ccc5ccccc5c4)cc3)CCCCCCC2)cc1. The van der Waals surface area contributed by atoms with Gasteiger partial charge in [-0.3, -0.25) is 0 Å². The van der Waals surface area contributed by atoms with Gasteiger partial charge in [0.1, 0.15) is 0 Å². The van der Waals surface area contributed by atoms with Crippen LogP contribution in [0.4, 0.5) is 17.1 Å². The first-order valence-corrected chi connectivity index (χ1v) is 15.2. The molecule has 7 rings (SSSR count). The van der Waals surface area contributed by atoms with Crippen molar-refractivity contribution in [3.05, 3.63) is 151 Å². The Balaban J connectivity index is 1.35. The van der Waals surface area contributed by atoms with Crippen LogP contribution in [0.15, 0.2) is 140 Å². The molecule has 6 aromatic rings. The van der Waals surface area contributed by atoms with Crippen LogP contribution in [0.25, 0.3) is 21.5 Å². The van der Waals surface area contributed by atoms with E-state index in [-0.39, 0.29) is 5.41 Å². The summed E-state index contributed by atoms with van der Waals surface area (Å²) in [6.45, 7) is 0. The van der Waals surface area contributed by atoms with Crippen LogP contribution in [0.2, 0.25) is 0 Å². The molecule has 6 aromatic carbocycles. The Morgan fingerprint density at radius 2 is 0.805 bits per heavy atom. The van der Waals surface area contributed by atoms with Gasteiger partial charge in [-0.15, -0.1) is 0 Å². The third kappa shape index (κ3) is 5.02. The highest BCUT2D eigenvalue weighted by molar-refractivity contribution is 5.92. The lowest BCUT2D eigenvalue weighted by Crippen LogP contribution is -2.29. The average Bonchev–Trinajstić information content (AvgIpc) is 3.02. The van der Waals surface area contributed by atoms with Crippen molar-refractivity contribution in [2.75, 3.05) is 4.90 Å². The van der Waals surface area contributed by atoms with Crippen LogP contribution in [0.5, 0.6) is 0 Å². The van der Waals surface area contributed by atoms with Crippen LogP contribution in [0, 0.1) is 0 Å². The molecule has 0 amide bonds. The Labute approximate surface area is 244 Å². The number of benzene rings is 6. The molecule has 0 atom stereocenters. The van der Waals surface area contributed by atoms with Gasteiger partial charge in [-0.2, -0.15) is 0 Å². The van der Waals surface area contributed by atoms with Gasteiger partial charge >= 0.3 is 0 Å². The fraction of sp³-hybridized carbons (Fsp3) is 0.200. The molecule has 0 unspecified atom stereocenters. The molecule has 202 valence electrons. The Bertz CT molecular complexity index is 1680. The van der Waals surface area contributed by atoms with Crippen LogP contribution in [-0.4, -0.2) is 0 Å². The summed E-state index contributed by atoms with van der Waals surface area (Å²) in [7, 11) is 0. The van der Waals surface area contributed by atoms with Crippen molar-refractivity contribution < 1.29 is 0 Å². The largest absolute Gasteiger partial charge is 0.310 e. The van der Waals surface area contributed by atoms with Gasteiger partial charge in [0, 0.05) is 22.5 Å². The van der Waals surface area contributed by atoms with Crippen LogP contribution in [0.1, 0.15) is 56.1 Å². The monoisotopic (exact) mass is 531 g/mol. The lowest BCUT2D eigenvalue weighted by Gasteiger charge is -2.37. The minimum Gasteiger partial charge on any atom is -0.310 e. The van der Waals surface area contributed by atoms with Gasteiger partial charge in [0.15, 0.2) is 0 Å². The summed E-state index contributed by atoms with van der Waals surface area (Å²) in [6.07, 6.45) is 9.06. The average molecular weight is 532 g/mol. The molecule has 1 aliphatic rings. The van der Waals surface area contributed by atoms with E-state index in [1.54, 1.807) is 0 Å². The maximum absolute atomic E-state index is 2.42. The van der Waals surface area contributed by atoms with Crippen molar-refractivity contribution in [1.82, 2.24) is 0 Å². The van der Waals surface area contributed by atoms with Crippen molar-refractivity contribution in [1.29, 1.82) is 0 Å². The molecule has 1 heteroatoms. The summed E-state index contributed by atoms with van der Waals surface area (Å²) in [5, 5.41) is 5.04. The molecular formula is C40H37N. The normalized spacial score (nSPS) is 15.3. The summed E-state index contributed by atoms with van der Waals surface area (Å²) in [6, 6.07) is 51.7. The van der Waals surface area contributed by atoms with Gasteiger partial charge in [0.2, 0.25) is 0 Å². The second-order valence-corrected chi connectivity index (χ2v) is 11.7. The maximum atomic E-state index is 2.42. The van der Waals surface area contributed by atoms with Crippen LogP contribution >= 0.6 is 0 Å². The van der Waals surface area contributed by atoms with Crippen LogP contribution in [0.3, 0.4) is 0 Å². The molecule has 0 aliphatic heterocycles. The van der Waals surface area contributed by atoms with Crippen molar-refractivity contribution in [2.24, 2.45) is 0 Å². The first-order chi connectivity index (χ1) is 20.3. The van der Waals surface area contributed by atoms with E-state index in [9.17, 15) is 0 Å². The molecule has 1 saturated carbocycles. The Kier molecular flexibility index (Phi) is 7.03. The predicted octanol–water partition coefficient (Wildman–Crippen LogP) is 11.5. The van der Waals surface area contributed by atoms with Crippen molar-refractivity contribution in [2.45, 2.75) is 50.4 Å². The summed E-state index contributed by atoms with van der Waals surface area (Å²) in [5.74, 6) is 0. The molecule has 41 heavy (non-hydrogen) atoms. The standard InChI is InChI=1S/C40H37N/c1-2-11-27-40(28-12-3-1,35-17-5-4-6-18-35)36-21-25-37(26-22-36)41(38-23-19-31-13-7-9-15-33(31)29-38)39-24-20-32-14-8-10-16-34(32)30-39/h4-10,13-26,29-30H,1-3,11-12,27-28H2. The smallest absolute Gasteiger partial charge is 0.0468 e. The topological polar surface area (TPSA) is 3.24 Å². The molecular weight excluding hydrogens is 494 g/mol. The van der Waals surface area contributed by atoms with Gasteiger partial charge in [-0.25, -0.2) is 0 Å². The molecule has 0 heterocycles. The fourth-order valence-corrected chi connectivity index (χ4v) is 7.02. The Hall–Kier alpha value is -4.36. The van der Waals surface area contributed by atoms with E-state index in [4.69, 9.17) is 0 Å². The lowest BCUT2D eigenvalue weighted by atomic mass is 9.67. The lowest BCUT2D eigenvalue weighted by molar-refractivity contribution is 0.366. The van der Waals surface area contributed by atoms with E-state index in [0.29, 0.717) is 0 Å². The quantitative estimate of drug-likeness (QED) is 0.214. The second kappa shape index (κ2) is 11.3. The first kappa shape index (κ1) is 25.6.